The van der Waals surface area contributed by atoms with E-state index in [1.807, 2.05) is 18.2 Å². The second-order valence-electron chi connectivity index (χ2n) is 8.41. The van der Waals surface area contributed by atoms with Gasteiger partial charge in [-0.1, -0.05) is 101 Å². The molecular formula is C30H18BrN3. The van der Waals surface area contributed by atoms with Crippen LogP contribution in [0.1, 0.15) is 0 Å². The van der Waals surface area contributed by atoms with Gasteiger partial charge in [-0.15, -0.1) is 0 Å². The Bertz CT molecular complexity index is 1870. The maximum absolute atomic E-state index is 5.16. The Balaban J connectivity index is 1.66. The first-order valence-corrected chi connectivity index (χ1v) is 12.0. The lowest BCUT2D eigenvalue weighted by atomic mass is 10.0. The molecule has 0 saturated carbocycles. The number of rotatable bonds is 2. The topological polar surface area (TPSA) is 30.7 Å². The zero-order chi connectivity index (χ0) is 22.6. The van der Waals surface area contributed by atoms with Crippen LogP contribution in [0.5, 0.6) is 0 Å². The Morgan fingerprint density at radius 2 is 1.29 bits per heavy atom. The SMILES string of the molecule is Brc1cccc2c1c1c3ccccc3ccc1n2-c1nc(-c2ccccc2)c2ccccc2n1. The molecule has 0 aliphatic heterocycles. The fourth-order valence-electron chi connectivity index (χ4n) is 4.98. The summed E-state index contributed by atoms with van der Waals surface area (Å²) in [4.78, 5) is 10.2. The van der Waals surface area contributed by atoms with Crippen LogP contribution < -0.4 is 0 Å². The number of fused-ring (bicyclic) bond motifs is 6. The molecule has 7 rings (SSSR count). The van der Waals surface area contributed by atoms with Crippen LogP contribution in [-0.2, 0) is 0 Å². The summed E-state index contributed by atoms with van der Waals surface area (Å²) in [6.45, 7) is 0. The number of nitrogens with zero attached hydrogens (tertiary/aromatic N) is 3. The molecule has 0 radical (unpaired) electrons. The standard InChI is InChI=1S/C30H18BrN3/c31-23-14-8-16-25-28(23)27-21-12-5-4-9-19(21)17-18-26(27)34(25)30-32-24-15-7-6-13-22(24)29(33-30)20-10-2-1-3-11-20/h1-18H. The van der Waals surface area contributed by atoms with Crippen LogP contribution in [0.3, 0.4) is 0 Å². The van der Waals surface area contributed by atoms with Crippen LogP contribution in [0.25, 0.3) is 60.7 Å². The van der Waals surface area contributed by atoms with E-state index in [1.165, 1.54) is 21.5 Å². The van der Waals surface area contributed by atoms with Crippen LogP contribution in [0.15, 0.2) is 114 Å². The van der Waals surface area contributed by atoms with Crippen molar-refractivity contribution in [2.24, 2.45) is 0 Å². The van der Waals surface area contributed by atoms with Gasteiger partial charge < -0.3 is 0 Å². The summed E-state index contributed by atoms with van der Waals surface area (Å²) >= 11 is 3.83. The Labute approximate surface area is 204 Å². The molecule has 7 aromatic rings. The number of aromatic nitrogens is 3. The molecule has 0 amide bonds. The zero-order valence-electron chi connectivity index (χ0n) is 18.1. The second kappa shape index (κ2) is 7.51. The van der Waals surface area contributed by atoms with Crippen molar-refractivity contribution in [3.8, 4) is 17.2 Å². The molecule has 34 heavy (non-hydrogen) atoms. The van der Waals surface area contributed by atoms with E-state index in [-0.39, 0.29) is 0 Å². The summed E-state index contributed by atoms with van der Waals surface area (Å²) in [5.74, 6) is 0.672. The van der Waals surface area contributed by atoms with Crippen LogP contribution in [0.4, 0.5) is 0 Å². The van der Waals surface area contributed by atoms with Crippen LogP contribution in [0.2, 0.25) is 0 Å². The molecule has 0 unspecified atom stereocenters. The molecule has 2 heterocycles. The molecule has 3 nitrogen and oxygen atoms in total. The van der Waals surface area contributed by atoms with E-state index in [0.717, 1.165) is 37.7 Å². The molecule has 5 aromatic carbocycles. The average molecular weight is 500 g/mol. The van der Waals surface area contributed by atoms with Gasteiger partial charge in [-0.3, -0.25) is 4.57 Å². The summed E-state index contributed by atoms with van der Waals surface area (Å²) in [5, 5.41) is 5.87. The predicted molar refractivity (Wildman–Crippen MR) is 145 cm³/mol. The van der Waals surface area contributed by atoms with Gasteiger partial charge in [0.15, 0.2) is 0 Å². The molecular weight excluding hydrogens is 482 g/mol. The van der Waals surface area contributed by atoms with E-state index in [9.17, 15) is 0 Å². The first-order chi connectivity index (χ1) is 16.8. The Morgan fingerprint density at radius 1 is 0.559 bits per heavy atom. The van der Waals surface area contributed by atoms with Crippen molar-refractivity contribution >= 4 is 59.4 Å². The third-order valence-corrected chi connectivity index (χ3v) is 7.13. The highest BCUT2D eigenvalue weighted by Crippen LogP contribution is 2.40. The molecule has 0 spiro atoms. The highest BCUT2D eigenvalue weighted by atomic mass is 79.9. The molecule has 0 aliphatic carbocycles. The van der Waals surface area contributed by atoms with Gasteiger partial charge in [0.1, 0.15) is 0 Å². The molecule has 160 valence electrons. The Hall–Kier alpha value is -4.02. The van der Waals surface area contributed by atoms with E-state index >= 15 is 0 Å². The first kappa shape index (κ1) is 19.4. The largest absolute Gasteiger partial charge is 0.278 e. The molecule has 2 aromatic heterocycles. The van der Waals surface area contributed by atoms with Crippen molar-refractivity contribution in [3.63, 3.8) is 0 Å². The number of hydrogen-bond acceptors (Lipinski definition) is 2. The van der Waals surface area contributed by atoms with Crippen LogP contribution >= 0.6 is 15.9 Å². The first-order valence-electron chi connectivity index (χ1n) is 11.2. The zero-order valence-corrected chi connectivity index (χ0v) is 19.7. The highest BCUT2D eigenvalue weighted by Gasteiger charge is 2.19. The maximum atomic E-state index is 5.16. The van der Waals surface area contributed by atoms with E-state index in [2.05, 4.69) is 111 Å². The number of benzene rings is 5. The number of para-hydroxylation sites is 1. The van der Waals surface area contributed by atoms with Gasteiger partial charge in [0.2, 0.25) is 5.95 Å². The van der Waals surface area contributed by atoms with Gasteiger partial charge in [-0.2, -0.15) is 0 Å². The minimum Gasteiger partial charge on any atom is -0.278 e. The third kappa shape index (κ3) is 2.82. The quantitative estimate of drug-likeness (QED) is 0.239. The van der Waals surface area contributed by atoms with Gasteiger partial charge >= 0.3 is 0 Å². The highest BCUT2D eigenvalue weighted by molar-refractivity contribution is 9.10. The molecule has 4 heteroatoms. The van der Waals surface area contributed by atoms with Gasteiger partial charge in [0.25, 0.3) is 0 Å². The smallest absolute Gasteiger partial charge is 0.235 e. The predicted octanol–water partition coefficient (Wildman–Crippen LogP) is 8.31. The lowest BCUT2D eigenvalue weighted by Crippen LogP contribution is -2.03. The molecule has 0 atom stereocenters. The van der Waals surface area contributed by atoms with Gasteiger partial charge in [-0.25, -0.2) is 9.97 Å². The summed E-state index contributed by atoms with van der Waals surface area (Å²) in [5.41, 5.74) is 5.11. The van der Waals surface area contributed by atoms with Crippen molar-refractivity contribution < 1.29 is 0 Å². The number of hydrogen-bond donors (Lipinski definition) is 0. The van der Waals surface area contributed by atoms with E-state index in [0.29, 0.717) is 5.95 Å². The Morgan fingerprint density at radius 3 is 2.18 bits per heavy atom. The molecule has 0 N–H and O–H groups in total. The van der Waals surface area contributed by atoms with E-state index in [1.54, 1.807) is 0 Å². The van der Waals surface area contributed by atoms with Crippen LogP contribution in [0, 0.1) is 0 Å². The summed E-state index contributed by atoms with van der Waals surface area (Å²) in [7, 11) is 0. The van der Waals surface area contributed by atoms with Crippen molar-refractivity contribution in [3.05, 3.63) is 114 Å². The van der Waals surface area contributed by atoms with Crippen molar-refractivity contribution in [2.45, 2.75) is 0 Å². The minimum atomic E-state index is 0.672. The fourth-order valence-corrected chi connectivity index (χ4v) is 5.54. The van der Waals surface area contributed by atoms with Crippen molar-refractivity contribution in [1.29, 1.82) is 0 Å². The molecule has 0 saturated heterocycles. The third-order valence-electron chi connectivity index (χ3n) is 6.47. The normalized spacial score (nSPS) is 11.7. The maximum Gasteiger partial charge on any atom is 0.235 e. The van der Waals surface area contributed by atoms with E-state index in [4.69, 9.17) is 9.97 Å². The second-order valence-corrected chi connectivity index (χ2v) is 9.26. The van der Waals surface area contributed by atoms with Crippen LogP contribution in [-0.4, -0.2) is 14.5 Å². The average Bonchev–Trinajstić information content (AvgIpc) is 3.24. The van der Waals surface area contributed by atoms with Gasteiger partial charge in [-0.05, 0) is 35.0 Å². The summed E-state index contributed by atoms with van der Waals surface area (Å²) in [6.07, 6.45) is 0. The van der Waals surface area contributed by atoms with Gasteiger partial charge in [0.05, 0.1) is 22.2 Å². The Kier molecular flexibility index (Phi) is 4.29. The van der Waals surface area contributed by atoms with Gasteiger partial charge in [0, 0.05) is 26.2 Å². The lowest BCUT2D eigenvalue weighted by Gasteiger charge is -2.11. The van der Waals surface area contributed by atoms with E-state index < -0.39 is 0 Å². The summed E-state index contributed by atoms with van der Waals surface area (Å²) < 4.78 is 3.26. The van der Waals surface area contributed by atoms with Crippen molar-refractivity contribution in [2.75, 3.05) is 0 Å². The monoisotopic (exact) mass is 499 g/mol. The lowest BCUT2D eigenvalue weighted by molar-refractivity contribution is 1.01. The summed E-state index contributed by atoms with van der Waals surface area (Å²) in [6, 6.07) is 37.8. The molecule has 0 bridgehead atoms. The number of halogens is 1. The van der Waals surface area contributed by atoms with Crippen molar-refractivity contribution in [1.82, 2.24) is 14.5 Å². The molecule has 0 fully saturated rings. The fraction of sp³-hybridized carbons (Fsp3) is 0. The molecule has 0 aliphatic rings. The minimum absolute atomic E-state index is 0.672.